The van der Waals surface area contributed by atoms with Crippen LogP contribution in [0.5, 0.6) is 0 Å². The Kier molecular flexibility index (Phi) is 7.33. The molecule has 3 nitrogen and oxygen atoms in total. The zero-order valence-corrected chi connectivity index (χ0v) is 12.3. The maximum Gasteiger partial charge on any atom is 0.222 e. The summed E-state index contributed by atoms with van der Waals surface area (Å²) < 4.78 is 5.03. The number of nitrogens with zero attached hydrogens (tertiary/aromatic N) is 1. The lowest BCUT2D eigenvalue weighted by molar-refractivity contribution is -0.135. The Morgan fingerprint density at radius 3 is 2.50 bits per heavy atom. The van der Waals surface area contributed by atoms with E-state index < -0.39 is 0 Å². The molecule has 0 N–H and O–H groups in total. The van der Waals surface area contributed by atoms with Gasteiger partial charge in [-0.05, 0) is 25.2 Å². The van der Waals surface area contributed by atoms with E-state index in [4.69, 9.17) is 4.74 Å². The van der Waals surface area contributed by atoms with Crippen LogP contribution in [0.2, 0.25) is 0 Å². The van der Waals surface area contributed by atoms with Gasteiger partial charge < -0.3 is 9.64 Å². The Morgan fingerprint density at radius 2 is 1.94 bits per heavy atom. The highest BCUT2D eigenvalue weighted by atomic mass is 16.5. The van der Waals surface area contributed by atoms with E-state index in [0.29, 0.717) is 30.9 Å². The van der Waals surface area contributed by atoms with Gasteiger partial charge in [0.25, 0.3) is 0 Å². The second-order valence-corrected chi connectivity index (χ2v) is 5.83. The number of hydrogen-bond donors (Lipinski definition) is 0. The number of amides is 1. The Labute approximate surface area is 112 Å². The third-order valence-electron chi connectivity index (χ3n) is 3.64. The third-order valence-corrected chi connectivity index (χ3v) is 3.64. The average molecular weight is 255 g/mol. The van der Waals surface area contributed by atoms with Crippen molar-refractivity contribution in [3.63, 3.8) is 0 Å². The van der Waals surface area contributed by atoms with Gasteiger partial charge in [-0.25, -0.2) is 0 Å². The van der Waals surface area contributed by atoms with Crippen molar-refractivity contribution in [2.24, 2.45) is 5.92 Å². The number of rotatable bonds is 7. The Bertz CT molecular complexity index is 235. The second kappa shape index (κ2) is 8.52. The minimum atomic E-state index is 0.327. The first kappa shape index (κ1) is 15.5. The zero-order valence-electron chi connectivity index (χ0n) is 12.3. The van der Waals surface area contributed by atoms with E-state index in [1.54, 1.807) is 7.11 Å². The Hall–Kier alpha value is -0.570. The van der Waals surface area contributed by atoms with Crippen LogP contribution < -0.4 is 0 Å². The van der Waals surface area contributed by atoms with E-state index in [9.17, 15) is 4.79 Å². The summed E-state index contributed by atoms with van der Waals surface area (Å²) in [6.07, 6.45) is 7.78. The fourth-order valence-corrected chi connectivity index (χ4v) is 2.75. The highest BCUT2D eigenvalue weighted by Gasteiger charge is 2.25. The molecule has 3 heteroatoms. The van der Waals surface area contributed by atoms with Gasteiger partial charge in [-0.2, -0.15) is 0 Å². The normalized spacial score (nSPS) is 17.1. The largest absolute Gasteiger partial charge is 0.385 e. The molecule has 0 aromatic rings. The van der Waals surface area contributed by atoms with E-state index >= 15 is 0 Å². The fraction of sp³-hybridized carbons (Fsp3) is 0.933. The summed E-state index contributed by atoms with van der Waals surface area (Å²) in [5, 5.41) is 0. The van der Waals surface area contributed by atoms with Crippen molar-refractivity contribution in [1.29, 1.82) is 0 Å². The Morgan fingerprint density at radius 1 is 1.28 bits per heavy atom. The number of hydrogen-bond acceptors (Lipinski definition) is 2. The SMILES string of the molecule is COCCCC(=O)N(CC(C)C)C1CCCCC1. The Balaban J connectivity index is 2.49. The van der Waals surface area contributed by atoms with Crippen LogP contribution in [0.3, 0.4) is 0 Å². The predicted octanol–water partition coefficient (Wildman–Crippen LogP) is 3.23. The van der Waals surface area contributed by atoms with Gasteiger partial charge >= 0.3 is 0 Å². The minimum absolute atomic E-state index is 0.327. The van der Waals surface area contributed by atoms with Gasteiger partial charge in [-0.15, -0.1) is 0 Å². The van der Waals surface area contributed by atoms with Crippen LogP contribution in [-0.2, 0) is 9.53 Å². The van der Waals surface area contributed by atoms with E-state index in [1.807, 2.05) is 0 Å². The van der Waals surface area contributed by atoms with E-state index in [1.165, 1.54) is 32.1 Å². The van der Waals surface area contributed by atoms with Crippen LogP contribution in [0.25, 0.3) is 0 Å². The molecule has 1 amide bonds. The van der Waals surface area contributed by atoms with Crippen molar-refractivity contribution in [3.05, 3.63) is 0 Å². The molecule has 0 aliphatic heterocycles. The number of methoxy groups -OCH3 is 1. The van der Waals surface area contributed by atoms with Crippen molar-refractivity contribution >= 4 is 5.91 Å². The van der Waals surface area contributed by atoms with Crippen LogP contribution in [-0.4, -0.2) is 37.1 Å². The molecule has 0 bridgehead atoms. The van der Waals surface area contributed by atoms with E-state index in [0.717, 1.165) is 13.0 Å². The summed E-state index contributed by atoms with van der Waals surface area (Å²) in [5.41, 5.74) is 0. The highest BCUT2D eigenvalue weighted by molar-refractivity contribution is 5.76. The molecule has 0 heterocycles. The first-order chi connectivity index (χ1) is 8.65. The molecule has 1 aliphatic rings. The number of carbonyl (C=O) groups is 1. The van der Waals surface area contributed by atoms with Crippen LogP contribution in [0.4, 0.5) is 0 Å². The van der Waals surface area contributed by atoms with Crippen molar-refractivity contribution < 1.29 is 9.53 Å². The molecule has 0 aromatic carbocycles. The lowest BCUT2D eigenvalue weighted by atomic mass is 9.93. The van der Waals surface area contributed by atoms with Crippen LogP contribution in [0, 0.1) is 5.92 Å². The molecule has 18 heavy (non-hydrogen) atoms. The maximum absolute atomic E-state index is 12.3. The summed E-state index contributed by atoms with van der Waals surface area (Å²) in [7, 11) is 1.69. The molecule has 106 valence electrons. The molecule has 0 atom stereocenters. The standard InChI is InChI=1S/C15H29NO2/c1-13(2)12-16(14-8-5-4-6-9-14)15(17)10-7-11-18-3/h13-14H,4-12H2,1-3H3. The number of carbonyl (C=O) groups excluding carboxylic acids is 1. The summed E-state index contributed by atoms with van der Waals surface area (Å²) in [5.74, 6) is 0.881. The molecular weight excluding hydrogens is 226 g/mol. The van der Waals surface area contributed by atoms with E-state index in [-0.39, 0.29) is 0 Å². The van der Waals surface area contributed by atoms with Crippen LogP contribution in [0.15, 0.2) is 0 Å². The quantitative estimate of drug-likeness (QED) is 0.654. The monoisotopic (exact) mass is 255 g/mol. The summed E-state index contributed by atoms with van der Waals surface area (Å²) in [4.78, 5) is 14.5. The molecule has 0 radical (unpaired) electrons. The average Bonchev–Trinajstić information content (AvgIpc) is 2.37. The van der Waals surface area contributed by atoms with Crippen molar-refractivity contribution in [3.8, 4) is 0 Å². The molecule has 1 rings (SSSR count). The zero-order chi connectivity index (χ0) is 13.4. The summed E-state index contributed by atoms with van der Waals surface area (Å²) in [6, 6.07) is 0.496. The summed E-state index contributed by atoms with van der Waals surface area (Å²) >= 11 is 0. The lowest BCUT2D eigenvalue weighted by Gasteiger charge is -2.35. The lowest BCUT2D eigenvalue weighted by Crippen LogP contribution is -2.43. The topological polar surface area (TPSA) is 29.5 Å². The van der Waals surface area contributed by atoms with Gasteiger partial charge in [0, 0.05) is 32.7 Å². The first-order valence-corrected chi connectivity index (χ1v) is 7.43. The molecule has 1 aliphatic carbocycles. The minimum Gasteiger partial charge on any atom is -0.385 e. The third kappa shape index (κ3) is 5.38. The fourth-order valence-electron chi connectivity index (χ4n) is 2.75. The molecule has 0 unspecified atom stereocenters. The molecule has 0 saturated heterocycles. The summed E-state index contributed by atoms with van der Waals surface area (Å²) in [6.45, 7) is 5.99. The van der Waals surface area contributed by atoms with Crippen molar-refractivity contribution in [2.45, 2.75) is 64.8 Å². The van der Waals surface area contributed by atoms with E-state index in [2.05, 4.69) is 18.7 Å². The second-order valence-electron chi connectivity index (χ2n) is 5.83. The van der Waals surface area contributed by atoms with Gasteiger partial charge in [0.1, 0.15) is 0 Å². The van der Waals surface area contributed by atoms with Crippen LogP contribution >= 0.6 is 0 Å². The molecular formula is C15H29NO2. The molecule has 0 aromatic heterocycles. The molecule has 0 spiro atoms. The smallest absolute Gasteiger partial charge is 0.222 e. The molecule has 1 saturated carbocycles. The van der Waals surface area contributed by atoms with Crippen molar-refractivity contribution in [1.82, 2.24) is 4.90 Å². The first-order valence-electron chi connectivity index (χ1n) is 7.43. The maximum atomic E-state index is 12.3. The van der Waals surface area contributed by atoms with Crippen LogP contribution in [0.1, 0.15) is 58.8 Å². The van der Waals surface area contributed by atoms with Crippen molar-refractivity contribution in [2.75, 3.05) is 20.3 Å². The number of ether oxygens (including phenoxy) is 1. The predicted molar refractivity (Wildman–Crippen MR) is 74.5 cm³/mol. The van der Waals surface area contributed by atoms with Gasteiger partial charge in [0.2, 0.25) is 5.91 Å². The van der Waals surface area contributed by atoms with Gasteiger partial charge in [0.15, 0.2) is 0 Å². The van der Waals surface area contributed by atoms with Gasteiger partial charge in [0.05, 0.1) is 0 Å². The van der Waals surface area contributed by atoms with Gasteiger partial charge in [-0.3, -0.25) is 4.79 Å². The highest BCUT2D eigenvalue weighted by Crippen LogP contribution is 2.24. The molecule has 1 fully saturated rings. The van der Waals surface area contributed by atoms with Gasteiger partial charge in [-0.1, -0.05) is 33.1 Å².